The first-order valence-electron chi connectivity index (χ1n) is 13.5. The number of carboxylic acid groups (broad SMARTS) is 1. The van der Waals surface area contributed by atoms with Crippen molar-refractivity contribution in [2.24, 2.45) is 7.05 Å². The van der Waals surface area contributed by atoms with Crippen LogP contribution in [0.5, 0.6) is 11.5 Å². The molecule has 1 amide bonds. The maximum atomic E-state index is 13.0. The summed E-state index contributed by atoms with van der Waals surface area (Å²) in [5.74, 6) is -1.02. The van der Waals surface area contributed by atoms with Gasteiger partial charge in [-0.15, -0.1) is 16.0 Å². The molecular weight excluding hydrogens is 570 g/mol. The summed E-state index contributed by atoms with van der Waals surface area (Å²) in [6, 6.07) is 20.5. The molecule has 12 heteroatoms. The number of hydrogen-bond acceptors (Lipinski definition) is 7. The molecule has 0 fully saturated rings. The minimum Gasteiger partial charge on any atom is -0.618 e. The third-order valence-corrected chi connectivity index (χ3v) is 7.56. The molecule has 2 N–H and O–H groups in total. The van der Waals surface area contributed by atoms with E-state index >= 15 is 0 Å². The zero-order valence-electron chi connectivity index (χ0n) is 23.4. The first-order chi connectivity index (χ1) is 20.9. The van der Waals surface area contributed by atoms with Gasteiger partial charge in [-0.2, -0.15) is 9.41 Å². The minimum absolute atomic E-state index is 0.109. The summed E-state index contributed by atoms with van der Waals surface area (Å²) in [6.07, 6.45) is 6.89. The molecule has 0 aliphatic heterocycles. The van der Waals surface area contributed by atoms with E-state index in [0.717, 1.165) is 28.0 Å². The van der Waals surface area contributed by atoms with E-state index in [-0.39, 0.29) is 35.3 Å². The molecule has 220 valence electrons. The van der Waals surface area contributed by atoms with E-state index in [0.29, 0.717) is 29.2 Å². The zero-order valence-corrected chi connectivity index (χ0v) is 24.2. The second kappa shape index (κ2) is 13.6. The van der Waals surface area contributed by atoms with Crippen LogP contribution >= 0.6 is 11.3 Å². The minimum atomic E-state index is -1.01. The van der Waals surface area contributed by atoms with E-state index in [4.69, 9.17) is 14.6 Å². The number of carboxylic acids is 1. The van der Waals surface area contributed by atoms with Gasteiger partial charge in [-0.25, -0.2) is 9.78 Å². The molecule has 3 aromatic heterocycles. The van der Waals surface area contributed by atoms with Crippen LogP contribution in [0.25, 0.3) is 10.6 Å². The Labute approximate surface area is 251 Å². The highest BCUT2D eigenvalue weighted by Crippen LogP contribution is 2.28. The van der Waals surface area contributed by atoms with Crippen LogP contribution in [0.4, 0.5) is 0 Å². The van der Waals surface area contributed by atoms with Crippen molar-refractivity contribution in [1.82, 2.24) is 15.0 Å². The number of carbonyl (C=O) groups excluding carboxylic acids is 1. The molecule has 5 rings (SSSR count). The van der Waals surface area contributed by atoms with Crippen LogP contribution in [0, 0.1) is 5.21 Å². The standard InChI is InChI=1S/C31H29N5O6S/c1-34-17-24(30-33-16-28(43-30)31(38)39)18-35(34)14-8-13-32-29(37)25-15-26(41-20-22-9-4-2-5-10-22)27(19-36(25)40)42-21-23-11-6-3-7-12-23/h2-7,9-12,15-19H,8,13-14,20-21H2,1H3,(H-,32,37,38,39)/p+1. The Morgan fingerprint density at radius 1 is 1.00 bits per heavy atom. The molecule has 0 saturated carbocycles. The van der Waals surface area contributed by atoms with E-state index in [1.165, 1.54) is 18.5 Å². The van der Waals surface area contributed by atoms with Gasteiger partial charge in [0.1, 0.15) is 23.1 Å². The summed E-state index contributed by atoms with van der Waals surface area (Å²) in [5.41, 5.74) is 2.55. The fraction of sp³-hybridized carbons (Fsp3) is 0.194. The smallest absolute Gasteiger partial charge is 0.347 e. The molecule has 0 radical (unpaired) electrons. The Hall–Kier alpha value is -5.23. The second-order valence-electron chi connectivity index (χ2n) is 9.66. The third kappa shape index (κ3) is 7.54. The lowest BCUT2D eigenvalue weighted by molar-refractivity contribution is -0.753. The Morgan fingerprint density at radius 2 is 1.65 bits per heavy atom. The van der Waals surface area contributed by atoms with Crippen molar-refractivity contribution >= 4 is 23.2 Å². The van der Waals surface area contributed by atoms with Gasteiger partial charge in [0, 0.05) is 6.54 Å². The van der Waals surface area contributed by atoms with E-state index in [2.05, 4.69) is 10.3 Å². The molecule has 0 bridgehead atoms. The normalized spacial score (nSPS) is 10.8. The second-order valence-corrected chi connectivity index (χ2v) is 10.7. The lowest BCUT2D eigenvalue weighted by Gasteiger charge is -2.14. The Morgan fingerprint density at radius 3 is 2.28 bits per heavy atom. The SMILES string of the molecule is C[n+]1cc(-c2ncc(C(=O)O)s2)cn1CCCNC(=O)c1cc(OCc2ccccc2)c(OCc2ccccc2)c[n+]1[O-]. The molecule has 5 aromatic rings. The Bertz CT molecular complexity index is 1700. The molecule has 3 heterocycles. The van der Waals surface area contributed by atoms with Crippen LogP contribution in [-0.4, -0.2) is 33.2 Å². The van der Waals surface area contributed by atoms with E-state index < -0.39 is 11.9 Å². The molecule has 0 unspecified atom stereocenters. The van der Waals surface area contributed by atoms with Crippen LogP contribution in [0.15, 0.2) is 91.5 Å². The van der Waals surface area contributed by atoms with Crippen LogP contribution in [0.2, 0.25) is 0 Å². The summed E-state index contributed by atoms with van der Waals surface area (Å²) in [7, 11) is 1.87. The van der Waals surface area contributed by atoms with Crippen molar-refractivity contribution in [3.05, 3.63) is 118 Å². The molecule has 0 atom stereocenters. The van der Waals surface area contributed by atoms with Crippen LogP contribution < -0.4 is 24.2 Å². The number of rotatable bonds is 13. The highest BCUT2D eigenvalue weighted by molar-refractivity contribution is 7.16. The molecule has 11 nitrogen and oxygen atoms in total. The average molecular weight is 601 g/mol. The number of hydrogen-bond donors (Lipinski definition) is 2. The molecule has 0 spiro atoms. The largest absolute Gasteiger partial charge is 0.618 e. The molecule has 0 saturated heterocycles. The van der Waals surface area contributed by atoms with E-state index in [1.54, 1.807) is 0 Å². The number of ether oxygens (including phenoxy) is 2. The molecule has 43 heavy (non-hydrogen) atoms. The molecule has 0 aliphatic rings. The Balaban J connectivity index is 1.22. The quantitative estimate of drug-likeness (QED) is 0.119. The number of aromatic nitrogens is 4. The molecule has 2 aromatic carbocycles. The monoisotopic (exact) mass is 600 g/mol. The fourth-order valence-electron chi connectivity index (χ4n) is 4.29. The van der Waals surface area contributed by atoms with Crippen molar-refractivity contribution in [1.29, 1.82) is 0 Å². The summed E-state index contributed by atoms with van der Waals surface area (Å²) in [4.78, 5) is 28.6. The maximum Gasteiger partial charge on any atom is 0.347 e. The van der Waals surface area contributed by atoms with Crippen molar-refractivity contribution in [2.45, 2.75) is 26.2 Å². The zero-order chi connectivity index (χ0) is 30.2. The van der Waals surface area contributed by atoms with Gasteiger partial charge in [0.2, 0.25) is 18.1 Å². The summed E-state index contributed by atoms with van der Waals surface area (Å²) < 4.78 is 16.2. The number of amides is 1. The van der Waals surface area contributed by atoms with Crippen LogP contribution in [-0.2, 0) is 26.8 Å². The number of nitrogens with zero attached hydrogens (tertiary/aromatic N) is 4. The van der Waals surface area contributed by atoms with Gasteiger partial charge in [0.25, 0.3) is 5.69 Å². The predicted octanol–water partition coefficient (Wildman–Crippen LogP) is 3.75. The third-order valence-electron chi connectivity index (χ3n) is 6.52. The summed E-state index contributed by atoms with van der Waals surface area (Å²) in [6.45, 7) is 1.36. The van der Waals surface area contributed by atoms with E-state index in [9.17, 15) is 14.8 Å². The highest BCUT2D eigenvalue weighted by Gasteiger charge is 2.22. The van der Waals surface area contributed by atoms with Gasteiger partial charge in [0.05, 0.1) is 30.6 Å². The van der Waals surface area contributed by atoms with Crippen molar-refractivity contribution in [3.63, 3.8) is 0 Å². The fourth-order valence-corrected chi connectivity index (χ4v) is 5.02. The van der Waals surface area contributed by atoms with Gasteiger partial charge in [-0.3, -0.25) is 4.79 Å². The topological polar surface area (TPSA) is 134 Å². The lowest BCUT2D eigenvalue weighted by Crippen LogP contribution is -2.41. The Kier molecular flexibility index (Phi) is 9.27. The van der Waals surface area contributed by atoms with Gasteiger partial charge in [-0.1, -0.05) is 60.7 Å². The number of pyridine rings is 1. The summed E-state index contributed by atoms with van der Waals surface area (Å²) >= 11 is 1.11. The number of aryl methyl sites for hydroxylation is 2. The van der Waals surface area contributed by atoms with Crippen LogP contribution in [0.1, 0.15) is 37.7 Å². The first kappa shape index (κ1) is 29.3. The van der Waals surface area contributed by atoms with Crippen molar-refractivity contribution < 1.29 is 33.6 Å². The van der Waals surface area contributed by atoms with Crippen LogP contribution in [0.3, 0.4) is 0 Å². The lowest BCUT2D eigenvalue weighted by atomic mass is 10.2. The van der Waals surface area contributed by atoms with Gasteiger partial charge >= 0.3 is 11.9 Å². The summed E-state index contributed by atoms with van der Waals surface area (Å²) in [5, 5.41) is 25.4. The van der Waals surface area contributed by atoms with Crippen molar-refractivity contribution in [2.75, 3.05) is 6.54 Å². The number of carbonyl (C=O) groups is 2. The van der Waals surface area contributed by atoms with Gasteiger partial charge in [0.15, 0.2) is 12.8 Å². The first-order valence-corrected chi connectivity index (χ1v) is 14.3. The predicted molar refractivity (Wildman–Crippen MR) is 158 cm³/mol. The van der Waals surface area contributed by atoms with Gasteiger partial charge < -0.3 is 25.1 Å². The van der Waals surface area contributed by atoms with Crippen molar-refractivity contribution in [3.8, 4) is 22.1 Å². The number of aromatic carboxylic acids is 1. The van der Waals surface area contributed by atoms with E-state index in [1.807, 2.05) is 89.5 Å². The average Bonchev–Trinajstić information content (AvgIpc) is 3.66. The molecule has 0 aliphatic carbocycles. The number of thiazole rings is 1. The highest BCUT2D eigenvalue weighted by atomic mass is 32.1. The number of nitrogens with one attached hydrogen (secondary N) is 1. The maximum absolute atomic E-state index is 13.0. The number of benzene rings is 2. The van der Waals surface area contributed by atoms with Gasteiger partial charge in [-0.05, 0) is 17.5 Å². The molecular formula is C31H30N5O6S+.